The van der Waals surface area contributed by atoms with E-state index in [0.717, 1.165) is 0 Å². The monoisotopic (exact) mass is 290 g/mol. The molecular formula is C13H10N2O6. The Morgan fingerprint density at radius 2 is 2.05 bits per heavy atom. The largest absolute Gasteiger partial charge is 0.493 e. The van der Waals surface area contributed by atoms with Crippen molar-refractivity contribution in [2.75, 3.05) is 7.11 Å². The molecule has 0 aliphatic rings. The maximum absolute atomic E-state index is 11.1. The number of ether oxygens (including phenoxy) is 2. The van der Waals surface area contributed by atoms with E-state index in [1.54, 1.807) is 0 Å². The first-order valence-corrected chi connectivity index (χ1v) is 5.70. The first-order chi connectivity index (χ1) is 10.0. The van der Waals surface area contributed by atoms with Crippen molar-refractivity contribution in [2.24, 2.45) is 0 Å². The second kappa shape index (κ2) is 5.87. The van der Waals surface area contributed by atoms with Crippen LogP contribution in [0, 0.1) is 10.1 Å². The Morgan fingerprint density at radius 3 is 2.67 bits per heavy atom. The van der Waals surface area contributed by atoms with E-state index in [1.807, 2.05) is 0 Å². The van der Waals surface area contributed by atoms with E-state index < -0.39 is 10.9 Å². The van der Waals surface area contributed by atoms with Crippen molar-refractivity contribution in [2.45, 2.75) is 0 Å². The smallest absolute Gasteiger partial charge is 0.339 e. The molecule has 0 aliphatic heterocycles. The maximum Gasteiger partial charge on any atom is 0.339 e. The van der Waals surface area contributed by atoms with E-state index >= 15 is 0 Å². The van der Waals surface area contributed by atoms with Gasteiger partial charge in [-0.3, -0.25) is 15.1 Å². The molecule has 108 valence electrons. The number of aromatic nitrogens is 1. The van der Waals surface area contributed by atoms with Crippen LogP contribution in [-0.2, 0) is 0 Å². The summed E-state index contributed by atoms with van der Waals surface area (Å²) in [6, 6.07) is 5.03. The molecule has 1 aromatic heterocycles. The normalized spacial score (nSPS) is 9.95. The van der Waals surface area contributed by atoms with Gasteiger partial charge in [-0.1, -0.05) is 0 Å². The molecule has 8 heteroatoms. The number of pyridine rings is 1. The third-order valence-electron chi connectivity index (χ3n) is 2.59. The molecule has 1 aromatic carbocycles. The van der Waals surface area contributed by atoms with Crippen LogP contribution in [0.3, 0.4) is 0 Å². The highest BCUT2D eigenvalue weighted by Gasteiger charge is 2.16. The SMILES string of the molecule is COc1cc([N+](=O)[O-])ccc1Oc1cnccc1C(=O)O. The Labute approximate surface area is 118 Å². The number of nitro benzene ring substituents is 1. The van der Waals surface area contributed by atoms with Gasteiger partial charge < -0.3 is 14.6 Å². The summed E-state index contributed by atoms with van der Waals surface area (Å²) in [6.45, 7) is 0. The summed E-state index contributed by atoms with van der Waals surface area (Å²) in [6.07, 6.45) is 2.56. The Bertz CT molecular complexity index is 701. The lowest BCUT2D eigenvalue weighted by Gasteiger charge is -2.11. The number of hydrogen-bond acceptors (Lipinski definition) is 6. The number of non-ortho nitro benzene ring substituents is 1. The molecule has 0 fully saturated rings. The third kappa shape index (κ3) is 3.06. The molecule has 1 heterocycles. The molecule has 0 aliphatic carbocycles. The summed E-state index contributed by atoms with van der Waals surface area (Å²) in [5, 5.41) is 19.8. The molecule has 0 bridgehead atoms. The van der Waals surface area contributed by atoms with E-state index in [0.29, 0.717) is 0 Å². The Kier molecular flexibility index (Phi) is 3.98. The van der Waals surface area contributed by atoms with Crippen molar-refractivity contribution >= 4 is 11.7 Å². The molecule has 0 saturated carbocycles. The van der Waals surface area contributed by atoms with Gasteiger partial charge in [0.1, 0.15) is 5.56 Å². The average Bonchev–Trinajstić information content (AvgIpc) is 2.47. The number of aromatic carboxylic acids is 1. The van der Waals surface area contributed by atoms with Crippen LogP contribution in [0.5, 0.6) is 17.2 Å². The lowest BCUT2D eigenvalue weighted by atomic mass is 10.2. The third-order valence-corrected chi connectivity index (χ3v) is 2.59. The Balaban J connectivity index is 2.40. The van der Waals surface area contributed by atoms with Gasteiger partial charge in [0.2, 0.25) is 0 Å². The zero-order valence-corrected chi connectivity index (χ0v) is 10.8. The minimum Gasteiger partial charge on any atom is -0.493 e. The summed E-state index contributed by atoms with van der Waals surface area (Å²) in [4.78, 5) is 25.0. The number of rotatable bonds is 5. The van der Waals surface area contributed by atoms with Crippen LogP contribution in [0.25, 0.3) is 0 Å². The topological polar surface area (TPSA) is 112 Å². The van der Waals surface area contributed by atoms with Gasteiger partial charge in [0, 0.05) is 12.3 Å². The van der Waals surface area contributed by atoms with Gasteiger partial charge in [-0.05, 0) is 12.1 Å². The lowest BCUT2D eigenvalue weighted by Crippen LogP contribution is -2.01. The van der Waals surface area contributed by atoms with Gasteiger partial charge in [-0.15, -0.1) is 0 Å². The molecule has 0 spiro atoms. The van der Waals surface area contributed by atoms with Crippen LogP contribution >= 0.6 is 0 Å². The highest BCUT2D eigenvalue weighted by molar-refractivity contribution is 5.90. The Morgan fingerprint density at radius 1 is 1.29 bits per heavy atom. The zero-order chi connectivity index (χ0) is 15.4. The molecule has 2 aromatic rings. The first-order valence-electron chi connectivity index (χ1n) is 5.70. The standard InChI is InChI=1S/C13H10N2O6/c1-20-11-6-8(15(18)19)2-3-10(11)21-12-7-14-5-4-9(12)13(16)17/h2-7H,1H3,(H,16,17). The molecule has 21 heavy (non-hydrogen) atoms. The summed E-state index contributed by atoms with van der Waals surface area (Å²) in [5.74, 6) is -0.895. The van der Waals surface area contributed by atoms with Crippen LogP contribution < -0.4 is 9.47 Å². The number of nitrogens with zero attached hydrogens (tertiary/aromatic N) is 2. The minimum atomic E-state index is -1.17. The molecular weight excluding hydrogens is 280 g/mol. The van der Waals surface area contributed by atoms with Crippen molar-refractivity contribution in [1.29, 1.82) is 0 Å². The molecule has 0 unspecified atom stereocenters. The summed E-state index contributed by atoms with van der Waals surface area (Å²) in [5.41, 5.74) is -0.241. The highest BCUT2D eigenvalue weighted by Crippen LogP contribution is 2.35. The van der Waals surface area contributed by atoms with Gasteiger partial charge in [-0.2, -0.15) is 0 Å². The fourth-order valence-electron chi connectivity index (χ4n) is 1.61. The number of nitro groups is 1. The maximum atomic E-state index is 11.1. The zero-order valence-electron chi connectivity index (χ0n) is 10.8. The second-order valence-corrected chi connectivity index (χ2v) is 3.87. The van der Waals surface area contributed by atoms with Gasteiger partial charge in [0.25, 0.3) is 5.69 Å². The van der Waals surface area contributed by atoms with Crippen LogP contribution in [0.15, 0.2) is 36.7 Å². The van der Waals surface area contributed by atoms with Crippen molar-refractivity contribution in [3.63, 3.8) is 0 Å². The highest BCUT2D eigenvalue weighted by atomic mass is 16.6. The number of carboxylic acids is 1. The molecule has 0 atom stereocenters. The predicted octanol–water partition coefficient (Wildman–Crippen LogP) is 2.49. The number of carbonyl (C=O) groups is 1. The summed E-state index contributed by atoms with van der Waals surface area (Å²) < 4.78 is 10.4. The fourth-order valence-corrected chi connectivity index (χ4v) is 1.61. The van der Waals surface area contributed by atoms with E-state index in [2.05, 4.69) is 4.98 Å². The van der Waals surface area contributed by atoms with E-state index in [4.69, 9.17) is 14.6 Å². The van der Waals surface area contributed by atoms with Crippen LogP contribution in [0.1, 0.15) is 10.4 Å². The molecule has 0 radical (unpaired) electrons. The fraction of sp³-hybridized carbons (Fsp3) is 0.0769. The van der Waals surface area contributed by atoms with Gasteiger partial charge in [0.15, 0.2) is 17.2 Å². The molecule has 1 N–H and O–H groups in total. The lowest BCUT2D eigenvalue weighted by molar-refractivity contribution is -0.384. The van der Waals surface area contributed by atoms with Crippen LogP contribution in [-0.4, -0.2) is 28.1 Å². The van der Waals surface area contributed by atoms with Gasteiger partial charge in [0.05, 0.1) is 24.3 Å². The predicted molar refractivity (Wildman–Crippen MR) is 70.9 cm³/mol. The molecule has 0 amide bonds. The summed E-state index contributed by atoms with van der Waals surface area (Å²) >= 11 is 0. The number of hydrogen-bond donors (Lipinski definition) is 1. The van der Waals surface area contributed by atoms with E-state index in [1.165, 1.54) is 43.8 Å². The number of methoxy groups -OCH3 is 1. The first kappa shape index (κ1) is 14.3. The molecule has 2 rings (SSSR count). The van der Waals surface area contributed by atoms with Crippen molar-refractivity contribution in [3.05, 3.63) is 52.3 Å². The van der Waals surface area contributed by atoms with Crippen molar-refractivity contribution in [1.82, 2.24) is 4.98 Å². The van der Waals surface area contributed by atoms with Crippen LogP contribution in [0.4, 0.5) is 5.69 Å². The van der Waals surface area contributed by atoms with Gasteiger partial charge >= 0.3 is 5.97 Å². The molecule has 0 saturated heterocycles. The average molecular weight is 290 g/mol. The van der Waals surface area contributed by atoms with Crippen molar-refractivity contribution in [3.8, 4) is 17.2 Å². The van der Waals surface area contributed by atoms with Crippen LogP contribution in [0.2, 0.25) is 0 Å². The molecule has 8 nitrogen and oxygen atoms in total. The summed E-state index contributed by atoms with van der Waals surface area (Å²) in [7, 11) is 1.33. The minimum absolute atomic E-state index is 0.0113. The number of carboxylic acid groups (broad SMARTS) is 1. The van der Waals surface area contributed by atoms with Gasteiger partial charge in [-0.25, -0.2) is 4.79 Å². The van der Waals surface area contributed by atoms with E-state index in [9.17, 15) is 14.9 Å². The van der Waals surface area contributed by atoms with E-state index in [-0.39, 0.29) is 28.5 Å². The van der Waals surface area contributed by atoms with Crippen molar-refractivity contribution < 1.29 is 24.3 Å². The second-order valence-electron chi connectivity index (χ2n) is 3.87. The number of benzene rings is 1. The quantitative estimate of drug-likeness (QED) is 0.664. The Hall–Kier alpha value is -3.16.